The van der Waals surface area contributed by atoms with E-state index in [1.807, 2.05) is 13.8 Å². The van der Waals surface area contributed by atoms with Gasteiger partial charge in [-0.1, -0.05) is 13.8 Å². The van der Waals surface area contributed by atoms with Crippen LogP contribution in [0.4, 0.5) is 0 Å². The molecule has 2 aliphatic heterocycles. The van der Waals surface area contributed by atoms with Gasteiger partial charge in [-0.2, -0.15) is 0 Å². The number of carbonyl (C=O) groups excluding carboxylic acids is 1. The third-order valence-electron chi connectivity index (χ3n) is 5.21. The maximum absolute atomic E-state index is 11.8. The SMILES string of the molecule is CC(C)C(=O)NCCN(C1CCOCC1)C1CCN(S(C)(=O)=O)CC1. The minimum atomic E-state index is -3.10. The van der Waals surface area contributed by atoms with Gasteiger partial charge in [0.1, 0.15) is 0 Å². The first-order chi connectivity index (χ1) is 11.8. The first kappa shape index (κ1) is 20.6. The molecule has 0 saturated carbocycles. The van der Waals surface area contributed by atoms with Crippen LogP contribution in [0, 0.1) is 5.92 Å². The van der Waals surface area contributed by atoms with E-state index in [0.29, 0.717) is 31.7 Å². The van der Waals surface area contributed by atoms with Crippen molar-refractivity contribution in [2.45, 2.75) is 51.6 Å². The second-order valence-electron chi connectivity index (χ2n) is 7.42. The molecular weight excluding hydrogens is 342 g/mol. The number of hydrogen-bond acceptors (Lipinski definition) is 5. The molecule has 7 nitrogen and oxygen atoms in total. The van der Waals surface area contributed by atoms with Crippen molar-refractivity contribution in [1.82, 2.24) is 14.5 Å². The smallest absolute Gasteiger partial charge is 0.222 e. The topological polar surface area (TPSA) is 79.0 Å². The number of nitrogens with one attached hydrogen (secondary N) is 1. The van der Waals surface area contributed by atoms with Gasteiger partial charge in [0.05, 0.1) is 6.26 Å². The van der Waals surface area contributed by atoms with E-state index < -0.39 is 10.0 Å². The van der Waals surface area contributed by atoms with Crippen molar-refractivity contribution < 1.29 is 17.9 Å². The average molecular weight is 376 g/mol. The van der Waals surface area contributed by atoms with Gasteiger partial charge in [0.25, 0.3) is 0 Å². The van der Waals surface area contributed by atoms with Gasteiger partial charge in [-0.15, -0.1) is 0 Å². The molecular formula is C17H33N3O4S. The van der Waals surface area contributed by atoms with Crippen LogP contribution in [0.5, 0.6) is 0 Å². The number of piperidine rings is 1. The first-order valence-corrected chi connectivity index (χ1v) is 11.2. The van der Waals surface area contributed by atoms with Crippen molar-refractivity contribution in [1.29, 1.82) is 0 Å². The Bertz CT molecular complexity index is 524. The normalized spacial score (nSPS) is 21.8. The molecule has 1 N–H and O–H groups in total. The van der Waals surface area contributed by atoms with Crippen LogP contribution in [0.25, 0.3) is 0 Å². The van der Waals surface area contributed by atoms with Crippen LogP contribution in [0.2, 0.25) is 0 Å². The molecule has 2 heterocycles. The van der Waals surface area contributed by atoms with E-state index in [9.17, 15) is 13.2 Å². The van der Waals surface area contributed by atoms with E-state index in [-0.39, 0.29) is 11.8 Å². The number of carbonyl (C=O) groups is 1. The summed E-state index contributed by atoms with van der Waals surface area (Å²) in [5.41, 5.74) is 0. The van der Waals surface area contributed by atoms with Crippen LogP contribution >= 0.6 is 0 Å². The van der Waals surface area contributed by atoms with Gasteiger partial charge in [-0.05, 0) is 25.7 Å². The lowest BCUT2D eigenvalue weighted by Crippen LogP contribution is -2.53. The standard InChI is InChI=1S/C17H33N3O4S/c1-14(2)17(21)18-8-11-20(16-6-12-24-13-7-16)15-4-9-19(10-5-15)25(3,22)23/h14-16H,4-13H2,1-3H3,(H,18,21). The van der Waals surface area contributed by atoms with E-state index in [2.05, 4.69) is 10.2 Å². The minimum absolute atomic E-state index is 0.00506. The summed E-state index contributed by atoms with van der Waals surface area (Å²) in [6.45, 7) is 7.97. The molecule has 2 saturated heterocycles. The molecule has 0 radical (unpaired) electrons. The van der Waals surface area contributed by atoms with Gasteiger partial charge in [0, 0.05) is 57.4 Å². The number of sulfonamides is 1. The molecule has 2 aliphatic rings. The van der Waals surface area contributed by atoms with Crippen LogP contribution < -0.4 is 5.32 Å². The number of nitrogens with zero attached hydrogens (tertiary/aromatic N) is 2. The van der Waals surface area contributed by atoms with Crippen molar-refractivity contribution in [3.8, 4) is 0 Å². The van der Waals surface area contributed by atoms with E-state index in [1.54, 1.807) is 4.31 Å². The van der Waals surface area contributed by atoms with Gasteiger partial charge in [0.15, 0.2) is 0 Å². The molecule has 2 fully saturated rings. The molecule has 0 unspecified atom stereocenters. The van der Waals surface area contributed by atoms with Crippen LogP contribution in [-0.2, 0) is 19.6 Å². The molecule has 0 atom stereocenters. The zero-order chi connectivity index (χ0) is 18.4. The van der Waals surface area contributed by atoms with Crippen molar-refractivity contribution in [2.24, 2.45) is 5.92 Å². The number of ether oxygens (including phenoxy) is 1. The van der Waals surface area contributed by atoms with E-state index in [4.69, 9.17) is 4.74 Å². The highest BCUT2D eigenvalue weighted by atomic mass is 32.2. The molecule has 0 aromatic carbocycles. The van der Waals surface area contributed by atoms with Crippen molar-refractivity contribution in [3.05, 3.63) is 0 Å². The summed E-state index contributed by atoms with van der Waals surface area (Å²) in [6.07, 6.45) is 4.99. The molecule has 2 rings (SSSR count). The summed E-state index contributed by atoms with van der Waals surface area (Å²) in [5.74, 6) is 0.0772. The fraction of sp³-hybridized carbons (Fsp3) is 0.941. The van der Waals surface area contributed by atoms with Gasteiger partial charge in [0.2, 0.25) is 15.9 Å². The third kappa shape index (κ3) is 6.20. The Labute approximate surface area is 152 Å². The Morgan fingerprint density at radius 3 is 2.24 bits per heavy atom. The summed E-state index contributed by atoms with van der Waals surface area (Å²) >= 11 is 0. The Hall–Kier alpha value is -0.700. The molecule has 8 heteroatoms. The highest BCUT2D eigenvalue weighted by Crippen LogP contribution is 2.24. The second kappa shape index (κ2) is 9.30. The zero-order valence-corrected chi connectivity index (χ0v) is 16.6. The average Bonchev–Trinajstić information content (AvgIpc) is 2.58. The Balaban J connectivity index is 1.93. The van der Waals surface area contributed by atoms with Crippen LogP contribution in [0.1, 0.15) is 39.5 Å². The van der Waals surface area contributed by atoms with Gasteiger partial charge < -0.3 is 10.1 Å². The minimum Gasteiger partial charge on any atom is -0.381 e. The molecule has 1 amide bonds. The monoisotopic (exact) mass is 375 g/mol. The maximum Gasteiger partial charge on any atom is 0.222 e. The molecule has 25 heavy (non-hydrogen) atoms. The fourth-order valence-electron chi connectivity index (χ4n) is 3.70. The quantitative estimate of drug-likeness (QED) is 0.707. The summed E-state index contributed by atoms with van der Waals surface area (Å²) in [5, 5.41) is 3.01. The lowest BCUT2D eigenvalue weighted by Gasteiger charge is -2.43. The van der Waals surface area contributed by atoms with Crippen molar-refractivity contribution >= 4 is 15.9 Å². The summed E-state index contributed by atoms with van der Waals surface area (Å²) in [7, 11) is -3.10. The zero-order valence-electron chi connectivity index (χ0n) is 15.7. The third-order valence-corrected chi connectivity index (χ3v) is 6.52. The predicted octanol–water partition coefficient (Wildman–Crippen LogP) is 0.664. The van der Waals surface area contributed by atoms with Crippen LogP contribution in [0.15, 0.2) is 0 Å². The Kier molecular flexibility index (Phi) is 7.67. The second-order valence-corrected chi connectivity index (χ2v) is 9.40. The van der Waals surface area contributed by atoms with Crippen LogP contribution in [0.3, 0.4) is 0 Å². The summed E-state index contributed by atoms with van der Waals surface area (Å²) in [6, 6.07) is 0.830. The highest BCUT2D eigenvalue weighted by Gasteiger charge is 2.32. The molecule has 0 aromatic rings. The Morgan fingerprint density at radius 2 is 1.72 bits per heavy atom. The predicted molar refractivity (Wildman–Crippen MR) is 97.8 cm³/mol. The van der Waals surface area contributed by atoms with Crippen LogP contribution in [-0.4, -0.2) is 81.3 Å². The van der Waals surface area contributed by atoms with Crippen molar-refractivity contribution in [2.75, 3.05) is 45.6 Å². The number of rotatable bonds is 7. The lowest BCUT2D eigenvalue weighted by atomic mass is 9.98. The summed E-state index contributed by atoms with van der Waals surface area (Å²) < 4.78 is 30.5. The van der Waals surface area contributed by atoms with Gasteiger partial charge in [-0.3, -0.25) is 9.69 Å². The number of amides is 1. The lowest BCUT2D eigenvalue weighted by molar-refractivity contribution is -0.124. The molecule has 0 bridgehead atoms. The first-order valence-electron chi connectivity index (χ1n) is 9.35. The maximum atomic E-state index is 11.8. The van der Waals surface area contributed by atoms with E-state index in [0.717, 1.165) is 45.4 Å². The van der Waals surface area contributed by atoms with E-state index >= 15 is 0 Å². The number of hydrogen-bond donors (Lipinski definition) is 1. The summed E-state index contributed by atoms with van der Waals surface area (Å²) in [4.78, 5) is 14.3. The fourth-order valence-corrected chi connectivity index (χ4v) is 4.57. The van der Waals surface area contributed by atoms with Crippen molar-refractivity contribution in [3.63, 3.8) is 0 Å². The van der Waals surface area contributed by atoms with Gasteiger partial charge >= 0.3 is 0 Å². The molecule has 0 aliphatic carbocycles. The Morgan fingerprint density at radius 1 is 1.16 bits per heavy atom. The largest absolute Gasteiger partial charge is 0.381 e. The van der Waals surface area contributed by atoms with Gasteiger partial charge in [-0.25, -0.2) is 12.7 Å². The molecule has 0 spiro atoms. The highest BCUT2D eigenvalue weighted by molar-refractivity contribution is 7.88. The van der Waals surface area contributed by atoms with E-state index in [1.165, 1.54) is 6.26 Å². The molecule has 0 aromatic heterocycles. The molecule has 146 valence electrons.